The molecule has 2 N–H and O–H groups in total. The van der Waals surface area contributed by atoms with Gasteiger partial charge in [-0.1, -0.05) is 12.8 Å². The molecule has 3 heterocycles. The van der Waals surface area contributed by atoms with Crippen molar-refractivity contribution >= 4 is 22.9 Å². The van der Waals surface area contributed by atoms with E-state index in [1.165, 1.54) is 18.9 Å². The maximum atomic E-state index is 12.1. The maximum absolute atomic E-state index is 12.1. The monoisotopic (exact) mass is 295 g/mol. The first-order valence-corrected chi connectivity index (χ1v) is 7.64. The van der Waals surface area contributed by atoms with E-state index in [1.807, 2.05) is 18.3 Å². The number of pyridine rings is 1. The van der Waals surface area contributed by atoms with Crippen LogP contribution in [0.3, 0.4) is 0 Å². The highest BCUT2D eigenvalue weighted by atomic mass is 16.5. The van der Waals surface area contributed by atoms with E-state index in [9.17, 15) is 4.79 Å². The Morgan fingerprint density at radius 1 is 1.36 bits per heavy atom. The van der Waals surface area contributed by atoms with Crippen molar-refractivity contribution in [3.8, 4) is 0 Å². The van der Waals surface area contributed by atoms with E-state index in [2.05, 4.69) is 15.3 Å². The van der Waals surface area contributed by atoms with Crippen LogP contribution >= 0.6 is 0 Å². The van der Waals surface area contributed by atoms with Crippen LogP contribution in [0, 0.1) is 0 Å². The molecule has 0 saturated heterocycles. The van der Waals surface area contributed by atoms with Crippen LogP contribution in [-0.4, -0.2) is 21.8 Å². The molecule has 0 atom stereocenters. The number of carbonyl (C=O) groups excluding carboxylic acids is 1. The number of carbonyl (C=O) groups is 1. The molecule has 0 bridgehead atoms. The Morgan fingerprint density at radius 3 is 3.09 bits per heavy atom. The Bertz CT molecular complexity index is 782. The number of aromatic amines is 1. The van der Waals surface area contributed by atoms with E-state index < -0.39 is 0 Å². The van der Waals surface area contributed by atoms with Gasteiger partial charge in [0.25, 0.3) is 0 Å². The zero-order valence-electron chi connectivity index (χ0n) is 12.1. The molecule has 2 aliphatic rings. The second kappa shape index (κ2) is 5.33. The Hall–Kier alpha value is -2.56. The third kappa shape index (κ3) is 2.39. The SMILES string of the molecule is O=C1C=C(NC2CCCC2)O/C1=C\c1c[nH]c2ncccc12. The minimum atomic E-state index is -0.0984. The van der Waals surface area contributed by atoms with Crippen molar-refractivity contribution in [2.45, 2.75) is 31.7 Å². The summed E-state index contributed by atoms with van der Waals surface area (Å²) < 4.78 is 5.69. The first-order valence-electron chi connectivity index (χ1n) is 7.64. The van der Waals surface area contributed by atoms with Gasteiger partial charge in [0.15, 0.2) is 11.6 Å². The van der Waals surface area contributed by atoms with Crippen LogP contribution < -0.4 is 5.32 Å². The lowest BCUT2D eigenvalue weighted by atomic mass is 10.2. The van der Waals surface area contributed by atoms with E-state index in [0.717, 1.165) is 29.4 Å². The van der Waals surface area contributed by atoms with Gasteiger partial charge < -0.3 is 15.0 Å². The van der Waals surface area contributed by atoms with Crippen molar-refractivity contribution in [3.05, 3.63) is 47.8 Å². The summed E-state index contributed by atoms with van der Waals surface area (Å²) in [6.07, 6.45) is 11.6. The Labute approximate surface area is 128 Å². The Morgan fingerprint density at radius 2 is 2.23 bits per heavy atom. The first kappa shape index (κ1) is 13.1. The largest absolute Gasteiger partial charge is 0.437 e. The lowest BCUT2D eigenvalue weighted by Crippen LogP contribution is -2.25. The van der Waals surface area contributed by atoms with E-state index in [-0.39, 0.29) is 5.78 Å². The van der Waals surface area contributed by atoms with Gasteiger partial charge in [0.05, 0.1) is 0 Å². The number of nitrogens with one attached hydrogen (secondary N) is 2. The molecule has 5 nitrogen and oxygen atoms in total. The molecule has 1 aliphatic carbocycles. The van der Waals surface area contributed by atoms with Gasteiger partial charge >= 0.3 is 0 Å². The summed E-state index contributed by atoms with van der Waals surface area (Å²) >= 11 is 0. The number of hydrogen-bond donors (Lipinski definition) is 2. The summed E-state index contributed by atoms with van der Waals surface area (Å²) in [7, 11) is 0. The molecule has 2 aromatic heterocycles. The van der Waals surface area contributed by atoms with E-state index in [0.29, 0.717) is 17.7 Å². The molecule has 1 aliphatic heterocycles. The second-order valence-electron chi connectivity index (χ2n) is 5.75. The van der Waals surface area contributed by atoms with Crippen LogP contribution in [0.5, 0.6) is 0 Å². The molecule has 0 unspecified atom stereocenters. The molecule has 0 amide bonds. The number of nitrogens with zero attached hydrogens (tertiary/aromatic N) is 1. The number of aromatic nitrogens is 2. The molecule has 22 heavy (non-hydrogen) atoms. The number of fused-ring (bicyclic) bond motifs is 1. The van der Waals surface area contributed by atoms with Crippen molar-refractivity contribution in [1.29, 1.82) is 0 Å². The molecule has 1 saturated carbocycles. The van der Waals surface area contributed by atoms with Crippen LogP contribution in [0.25, 0.3) is 17.1 Å². The topological polar surface area (TPSA) is 67.0 Å². The fourth-order valence-electron chi connectivity index (χ4n) is 3.07. The lowest BCUT2D eigenvalue weighted by molar-refractivity contribution is -0.112. The van der Waals surface area contributed by atoms with Gasteiger partial charge in [0, 0.05) is 35.5 Å². The molecule has 4 rings (SSSR count). The fraction of sp³-hybridized carbons (Fsp3) is 0.294. The van der Waals surface area contributed by atoms with E-state index >= 15 is 0 Å². The highest BCUT2D eigenvalue weighted by Crippen LogP contribution is 2.25. The summed E-state index contributed by atoms with van der Waals surface area (Å²) in [6.45, 7) is 0. The van der Waals surface area contributed by atoms with Gasteiger partial charge in [0.2, 0.25) is 5.78 Å². The number of ether oxygens (including phenoxy) is 1. The molecule has 112 valence electrons. The van der Waals surface area contributed by atoms with E-state index in [1.54, 1.807) is 12.3 Å². The molecule has 5 heteroatoms. The summed E-state index contributed by atoms with van der Waals surface area (Å²) in [5.41, 5.74) is 1.71. The first-order chi connectivity index (χ1) is 10.8. The van der Waals surface area contributed by atoms with Crippen molar-refractivity contribution < 1.29 is 9.53 Å². The standard InChI is InChI=1S/C17H17N3O2/c21-14-9-16(20-12-4-1-2-5-12)22-15(14)8-11-10-19-17-13(11)6-3-7-18-17/h3,6-10,12,20H,1-2,4-5H2,(H,18,19)/b15-8-. The van der Waals surface area contributed by atoms with Gasteiger partial charge in [-0.3, -0.25) is 4.79 Å². The van der Waals surface area contributed by atoms with Gasteiger partial charge in [-0.2, -0.15) is 0 Å². The van der Waals surface area contributed by atoms with Crippen LogP contribution in [0.2, 0.25) is 0 Å². The summed E-state index contributed by atoms with van der Waals surface area (Å²) in [5, 5.41) is 4.29. The predicted octanol–water partition coefficient (Wildman–Crippen LogP) is 2.88. The third-order valence-corrected chi connectivity index (χ3v) is 4.20. The van der Waals surface area contributed by atoms with Crippen molar-refractivity contribution in [2.75, 3.05) is 0 Å². The zero-order chi connectivity index (χ0) is 14.9. The average Bonchev–Trinajstić information content (AvgIpc) is 3.23. The molecule has 2 aromatic rings. The number of hydrogen-bond acceptors (Lipinski definition) is 4. The Kier molecular flexibility index (Phi) is 3.18. The van der Waals surface area contributed by atoms with Gasteiger partial charge in [-0.05, 0) is 31.1 Å². The average molecular weight is 295 g/mol. The highest BCUT2D eigenvalue weighted by Gasteiger charge is 2.24. The summed E-state index contributed by atoms with van der Waals surface area (Å²) in [5.74, 6) is 0.824. The van der Waals surface area contributed by atoms with Crippen LogP contribution in [0.4, 0.5) is 0 Å². The number of rotatable bonds is 3. The quantitative estimate of drug-likeness (QED) is 0.854. The second-order valence-corrected chi connectivity index (χ2v) is 5.75. The molecule has 1 fully saturated rings. The van der Waals surface area contributed by atoms with Gasteiger partial charge in [0.1, 0.15) is 5.65 Å². The van der Waals surface area contributed by atoms with Crippen LogP contribution in [0.1, 0.15) is 31.2 Å². The number of H-pyrrole nitrogens is 1. The molecule has 0 radical (unpaired) electrons. The maximum Gasteiger partial charge on any atom is 0.226 e. The fourth-order valence-corrected chi connectivity index (χ4v) is 3.07. The smallest absolute Gasteiger partial charge is 0.226 e. The predicted molar refractivity (Wildman–Crippen MR) is 83.6 cm³/mol. The molecule has 0 aromatic carbocycles. The molecule has 0 spiro atoms. The van der Waals surface area contributed by atoms with E-state index in [4.69, 9.17) is 4.74 Å². The van der Waals surface area contributed by atoms with Crippen LogP contribution in [-0.2, 0) is 9.53 Å². The third-order valence-electron chi connectivity index (χ3n) is 4.20. The van der Waals surface area contributed by atoms with Gasteiger partial charge in [-0.15, -0.1) is 0 Å². The van der Waals surface area contributed by atoms with Crippen molar-refractivity contribution in [2.24, 2.45) is 0 Å². The highest BCUT2D eigenvalue weighted by molar-refractivity contribution is 6.08. The summed E-state index contributed by atoms with van der Waals surface area (Å²) in [4.78, 5) is 19.4. The van der Waals surface area contributed by atoms with Gasteiger partial charge in [-0.25, -0.2) is 4.98 Å². The van der Waals surface area contributed by atoms with Crippen LogP contribution in [0.15, 0.2) is 42.2 Å². The normalized spacial score (nSPS) is 20.6. The minimum absolute atomic E-state index is 0.0984. The lowest BCUT2D eigenvalue weighted by Gasteiger charge is -2.13. The van der Waals surface area contributed by atoms with Crippen molar-refractivity contribution in [1.82, 2.24) is 15.3 Å². The minimum Gasteiger partial charge on any atom is -0.437 e. The van der Waals surface area contributed by atoms with Crippen molar-refractivity contribution in [3.63, 3.8) is 0 Å². The molecular formula is C17H17N3O2. The Balaban J connectivity index is 1.55. The number of allylic oxidation sites excluding steroid dienone is 1. The summed E-state index contributed by atoms with van der Waals surface area (Å²) in [6, 6.07) is 4.27. The molecular weight excluding hydrogens is 278 g/mol. The zero-order valence-corrected chi connectivity index (χ0v) is 12.1. The number of ketones is 1.